The molecular formula is C9H12O8S. The fourth-order valence-electron chi connectivity index (χ4n) is 2.41. The molecular weight excluding hydrogens is 268 g/mol. The minimum atomic E-state index is -4.08. The molecule has 0 saturated carbocycles. The summed E-state index contributed by atoms with van der Waals surface area (Å²) in [5.74, 6) is -2.69. The van der Waals surface area contributed by atoms with Crippen LogP contribution >= 0.6 is 0 Å². The average Bonchev–Trinajstić information content (AvgIpc) is 2.66. The minimum absolute atomic E-state index is 0.230. The lowest BCUT2D eigenvalue weighted by Gasteiger charge is -2.28. The summed E-state index contributed by atoms with van der Waals surface area (Å²) in [4.78, 5) is 11.2. The summed E-state index contributed by atoms with van der Waals surface area (Å²) in [6.07, 6.45) is -2.15. The zero-order valence-corrected chi connectivity index (χ0v) is 10.5. The van der Waals surface area contributed by atoms with Gasteiger partial charge in [0.1, 0.15) is 12.2 Å². The molecule has 0 radical (unpaired) electrons. The summed E-state index contributed by atoms with van der Waals surface area (Å²) in [7, 11) is -4.08. The van der Waals surface area contributed by atoms with Crippen LogP contribution in [0.25, 0.3) is 0 Å². The lowest BCUT2D eigenvalue weighted by atomic mass is 10.1. The highest BCUT2D eigenvalue weighted by molar-refractivity contribution is 7.81. The van der Waals surface area contributed by atoms with Crippen LogP contribution in [0.5, 0.6) is 0 Å². The molecule has 0 unspecified atom stereocenters. The van der Waals surface area contributed by atoms with Crippen LogP contribution in [-0.4, -0.2) is 51.2 Å². The Hall–Kier alpha value is -0.580. The molecule has 3 rings (SSSR count). The van der Waals surface area contributed by atoms with E-state index in [2.05, 4.69) is 4.18 Å². The van der Waals surface area contributed by atoms with Gasteiger partial charge in [-0.05, 0) is 13.8 Å². The molecule has 8 nitrogen and oxygen atoms in total. The molecule has 0 spiro atoms. The fraction of sp³-hybridized carbons (Fsp3) is 0.889. The van der Waals surface area contributed by atoms with Gasteiger partial charge in [0, 0.05) is 0 Å². The van der Waals surface area contributed by atoms with E-state index in [0.29, 0.717) is 6.29 Å². The number of aldehydes is 1. The summed E-state index contributed by atoms with van der Waals surface area (Å²) in [6.45, 7) is 2.97. The van der Waals surface area contributed by atoms with E-state index in [4.69, 9.17) is 18.4 Å². The topological polar surface area (TPSA) is 97.4 Å². The molecule has 3 heterocycles. The van der Waals surface area contributed by atoms with Crippen LogP contribution in [0.4, 0.5) is 0 Å². The Kier molecular flexibility index (Phi) is 2.42. The SMILES string of the molecule is CC1(C)O[C@H]2[C@@H]3OS(=O)(=O)OC[C@@H]3O[C@@]2(C=O)O1. The van der Waals surface area contributed by atoms with Gasteiger partial charge in [-0.3, -0.25) is 4.79 Å². The molecule has 3 aliphatic heterocycles. The van der Waals surface area contributed by atoms with E-state index in [-0.39, 0.29) is 6.61 Å². The monoisotopic (exact) mass is 280 g/mol. The van der Waals surface area contributed by atoms with E-state index >= 15 is 0 Å². The second-order valence-corrected chi connectivity index (χ2v) is 6.03. The Morgan fingerprint density at radius 1 is 1.28 bits per heavy atom. The number of rotatable bonds is 1. The molecule has 3 aliphatic rings. The largest absolute Gasteiger partial charge is 0.400 e. The number of carbonyl (C=O) groups excluding carboxylic acids is 1. The lowest BCUT2D eigenvalue weighted by molar-refractivity contribution is -0.251. The van der Waals surface area contributed by atoms with Gasteiger partial charge in [0.2, 0.25) is 0 Å². The van der Waals surface area contributed by atoms with Crippen LogP contribution in [0.3, 0.4) is 0 Å². The van der Waals surface area contributed by atoms with Crippen molar-refractivity contribution in [3.63, 3.8) is 0 Å². The smallest absolute Gasteiger partial charge is 0.338 e. The molecule has 0 aromatic heterocycles. The predicted octanol–water partition coefficient (Wildman–Crippen LogP) is -0.908. The number of ether oxygens (including phenoxy) is 3. The summed E-state index contributed by atoms with van der Waals surface area (Å²) in [5.41, 5.74) is 0. The molecule has 0 aliphatic carbocycles. The Morgan fingerprint density at radius 3 is 2.67 bits per heavy atom. The minimum Gasteiger partial charge on any atom is -0.338 e. The van der Waals surface area contributed by atoms with Crippen LogP contribution in [0.1, 0.15) is 13.8 Å². The Labute approximate surface area is 103 Å². The first-order valence-electron chi connectivity index (χ1n) is 5.37. The summed E-state index contributed by atoms with van der Waals surface area (Å²) < 4.78 is 48.1. The first-order valence-corrected chi connectivity index (χ1v) is 6.70. The molecule has 4 atom stereocenters. The van der Waals surface area contributed by atoms with Crippen molar-refractivity contribution >= 4 is 16.7 Å². The quantitative estimate of drug-likeness (QED) is 0.569. The molecule has 9 heteroatoms. The van der Waals surface area contributed by atoms with E-state index < -0.39 is 40.3 Å². The number of fused-ring (bicyclic) bond motifs is 3. The van der Waals surface area contributed by atoms with Gasteiger partial charge >= 0.3 is 10.4 Å². The third kappa shape index (κ3) is 1.70. The van der Waals surface area contributed by atoms with Crippen molar-refractivity contribution in [1.82, 2.24) is 0 Å². The zero-order valence-electron chi connectivity index (χ0n) is 9.69. The number of hydrogen-bond acceptors (Lipinski definition) is 8. The van der Waals surface area contributed by atoms with E-state index in [0.717, 1.165) is 0 Å². The van der Waals surface area contributed by atoms with Crippen LogP contribution in [0.2, 0.25) is 0 Å². The highest BCUT2D eigenvalue weighted by Crippen LogP contribution is 2.46. The van der Waals surface area contributed by atoms with Crippen molar-refractivity contribution in [2.24, 2.45) is 0 Å². The van der Waals surface area contributed by atoms with Crippen LogP contribution in [-0.2, 0) is 37.8 Å². The fourth-order valence-corrected chi connectivity index (χ4v) is 3.27. The van der Waals surface area contributed by atoms with Crippen molar-refractivity contribution < 1.29 is 35.8 Å². The third-order valence-electron chi connectivity index (χ3n) is 2.98. The van der Waals surface area contributed by atoms with E-state index in [1.807, 2.05) is 0 Å². The van der Waals surface area contributed by atoms with Gasteiger partial charge < -0.3 is 14.2 Å². The third-order valence-corrected chi connectivity index (χ3v) is 3.87. The first kappa shape index (κ1) is 12.5. The molecule has 102 valence electrons. The Balaban J connectivity index is 1.95. The standard InChI is InChI=1S/C9H12O8S/c1-8(2)15-7-6-5(3-13-18(11,12)16-6)14-9(7,4-10)17-8/h4-7H,3H2,1-2H3/t5-,6+,7-,9-/m0/s1. The van der Waals surface area contributed by atoms with Crippen molar-refractivity contribution in [3.05, 3.63) is 0 Å². The molecule has 18 heavy (non-hydrogen) atoms. The van der Waals surface area contributed by atoms with Crippen molar-refractivity contribution in [3.8, 4) is 0 Å². The predicted molar refractivity (Wildman–Crippen MR) is 53.4 cm³/mol. The second kappa shape index (κ2) is 3.50. The maximum absolute atomic E-state index is 11.3. The Morgan fingerprint density at radius 2 is 2.00 bits per heavy atom. The van der Waals surface area contributed by atoms with E-state index in [1.54, 1.807) is 13.8 Å². The first-order chi connectivity index (χ1) is 8.27. The molecule has 0 amide bonds. The molecule has 0 aromatic rings. The van der Waals surface area contributed by atoms with Gasteiger partial charge in [0.05, 0.1) is 6.61 Å². The number of carbonyl (C=O) groups is 1. The molecule has 3 saturated heterocycles. The Bertz CT molecular complexity index is 485. The molecule has 3 fully saturated rings. The van der Waals surface area contributed by atoms with Gasteiger partial charge in [0.15, 0.2) is 18.2 Å². The van der Waals surface area contributed by atoms with Gasteiger partial charge in [-0.1, -0.05) is 0 Å². The van der Waals surface area contributed by atoms with Gasteiger partial charge in [-0.15, -0.1) is 0 Å². The van der Waals surface area contributed by atoms with Crippen LogP contribution in [0, 0.1) is 0 Å². The summed E-state index contributed by atoms with van der Waals surface area (Å²) in [5, 5.41) is 0. The number of hydrogen-bond donors (Lipinski definition) is 0. The van der Waals surface area contributed by atoms with Crippen molar-refractivity contribution in [2.75, 3.05) is 6.61 Å². The van der Waals surface area contributed by atoms with E-state index in [9.17, 15) is 13.2 Å². The second-order valence-electron chi connectivity index (χ2n) is 4.79. The molecule has 0 aromatic carbocycles. The van der Waals surface area contributed by atoms with Crippen LogP contribution < -0.4 is 0 Å². The molecule has 0 N–H and O–H groups in total. The van der Waals surface area contributed by atoms with Gasteiger partial charge in [0.25, 0.3) is 5.79 Å². The maximum Gasteiger partial charge on any atom is 0.400 e. The zero-order chi connectivity index (χ0) is 13.2. The highest BCUT2D eigenvalue weighted by atomic mass is 32.3. The van der Waals surface area contributed by atoms with Crippen molar-refractivity contribution in [1.29, 1.82) is 0 Å². The summed E-state index contributed by atoms with van der Waals surface area (Å²) >= 11 is 0. The lowest BCUT2D eigenvalue weighted by Crippen LogP contribution is -2.46. The van der Waals surface area contributed by atoms with Gasteiger partial charge in [-0.25, -0.2) is 8.37 Å². The molecule has 0 bridgehead atoms. The summed E-state index contributed by atoms with van der Waals surface area (Å²) in [6, 6.07) is 0. The average molecular weight is 280 g/mol. The van der Waals surface area contributed by atoms with Crippen molar-refractivity contribution in [2.45, 2.75) is 43.7 Å². The van der Waals surface area contributed by atoms with Gasteiger partial charge in [-0.2, -0.15) is 8.42 Å². The van der Waals surface area contributed by atoms with Crippen LogP contribution in [0.15, 0.2) is 0 Å². The normalized spacial score (nSPS) is 48.4. The highest BCUT2D eigenvalue weighted by Gasteiger charge is 2.67. The van der Waals surface area contributed by atoms with E-state index in [1.165, 1.54) is 0 Å². The maximum atomic E-state index is 11.3.